The fraction of sp³-hybridized carbons (Fsp3) is 0.303. The predicted octanol–water partition coefficient (Wildman–Crippen LogP) is 8.58. The summed E-state index contributed by atoms with van der Waals surface area (Å²) in [6.07, 6.45) is -3.28. The average Bonchev–Trinajstić information content (AvgIpc) is 3.30. The van der Waals surface area contributed by atoms with Crippen LogP contribution in [0.3, 0.4) is 0 Å². The summed E-state index contributed by atoms with van der Waals surface area (Å²) in [7, 11) is 0. The van der Waals surface area contributed by atoms with Crippen molar-refractivity contribution in [3.8, 4) is 0 Å². The first-order chi connectivity index (χ1) is 20.0. The van der Waals surface area contributed by atoms with E-state index < -0.39 is 30.0 Å². The number of carbonyl (C=O) groups is 1. The normalized spacial score (nSPS) is 17.2. The molecule has 3 aromatic rings. The van der Waals surface area contributed by atoms with E-state index in [2.05, 4.69) is 0 Å². The molecule has 0 aromatic heterocycles. The lowest BCUT2D eigenvalue weighted by atomic mass is 9.85. The van der Waals surface area contributed by atoms with Gasteiger partial charge < -0.3 is 5.11 Å². The van der Waals surface area contributed by atoms with Crippen LogP contribution in [0.5, 0.6) is 0 Å². The molecule has 9 heteroatoms. The lowest BCUT2D eigenvalue weighted by Gasteiger charge is -2.20. The van der Waals surface area contributed by atoms with Crippen molar-refractivity contribution in [1.82, 2.24) is 4.90 Å². The number of halogens is 6. The Morgan fingerprint density at radius 1 is 0.952 bits per heavy atom. The van der Waals surface area contributed by atoms with Crippen LogP contribution < -0.4 is 0 Å². The van der Waals surface area contributed by atoms with Gasteiger partial charge in [-0.15, -0.1) is 0 Å². The number of alkyl halides is 5. The monoisotopic (exact) mass is 585 g/mol. The van der Waals surface area contributed by atoms with Crippen molar-refractivity contribution in [2.75, 3.05) is 19.6 Å². The number of rotatable bonds is 7. The second-order valence-electron chi connectivity index (χ2n) is 10.7. The number of allylic oxidation sites excluding steroid dienone is 1. The van der Waals surface area contributed by atoms with Crippen molar-refractivity contribution in [2.24, 2.45) is 0 Å². The Kier molecular flexibility index (Phi) is 8.59. The summed E-state index contributed by atoms with van der Waals surface area (Å²) in [5, 5.41) is 9.53. The zero-order chi connectivity index (χ0) is 30.0. The van der Waals surface area contributed by atoms with Gasteiger partial charge in [-0.3, -0.25) is 4.90 Å². The molecule has 0 amide bonds. The van der Waals surface area contributed by atoms with Gasteiger partial charge in [0.1, 0.15) is 5.82 Å². The molecule has 0 unspecified atom stereocenters. The maximum absolute atomic E-state index is 14.1. The smallest absolute Gasteiger partial charge is 0.417 e. The van der Waals surface area contributed by atoms with Gasteiger partial charge in [0.2, 0.25) is 6.43 Å². The standard InChI is InChI=1S/C33H29F6NO2/c34-25-9-11-27(29(18-25)33(37,38)39)28-3-1-2-23-17-24(32(41)42)8-10-26(23)31(28)22-6-4-20(5-7-22)16-21-12-14-40(19-21)15-13-30(35)36/h4-11,16-18,30H,1-3,12-15,19H2,(H,41,42). The van der Waals surface area contributed by atoms with Gasteiger partial charge in [-0.1, -0.05) is 48.0 Å². The molecule has 0 saturated carbocycles. The zero-order valence-electron chi connectivity index (χ0n) is 22.7. The van der Waals surface area contributed by atoms with E-state index in [0.717, 1.165) is 29.2 Å². The van der Waals surface area contributed by atoms with Crippen LogP contribution in [0.2, 0.25) is 0 Å². The topological polar surface area (TPSA) is 40.5 Å². The van der Waals surface area contributed by atoms with Gasteiger partial charge in [-0.2, -0.15) is 13.2 Å². The van der Waals surface area contributed by atoms with Crippen LogP contribution in [0.15, 0.2) is 66.2 Å². The Morgan fingerprint density at radius 2 is 1.69 bits per heavy atom. The van der Waals surface area contributed by atoms with E-state index in [0.29, 0.717) is 60.8 Å². The maximum Gasteiger partial charge on any atom is 0.417 e. The quantitative estimate of drug-likeness (QED) is 0.283. The average molecular weight is 586 g/mol. The van der Waals surface area contributed by atoms with Gasteiger partial charge in [0.25, 0.3) is 0 Å². The Bertz CT molecular complexity index is 1540. The van der Waals surface area contributed by atoms with Crippen molar-refractivity contribution in [2.45, 2.75) is 44.7 Å². The summed E-state index contributed by atoms with van der Waals surface area (Å²) in [4.78, 5) is 13.6. The minimum atomic E-state index is -4.78. The Hall–Kier alpha value is -3.85. The van der Waals surface area contributed by atoms with Crippen molar-refractivity contribution in [1.29, 1.82) is 0 Å². The number of aromatic carboxylic acids is 1. The Morgan fingerprint density at radius 3 is 2.38 bits per heavy atom. The highest BCUT2D eigenvalue weighted by Gasteiger charge is 2.36. The van der Waals surface area contributed by atoms with E-state index >= 15 is 0 Å². The summed E-state index contributed by atoms with van der Waals surface area (Å²) >= 11 is 0. The van der Waals surface area contributed by atoms with Crippen LogP contribution >= 0.6 is 0 Å². The first-order valence-electron chi connectivity index (χ1n) is 13.8. The lowest BCUT2D eigenvalue weighted by Crippen LogP contribution is -2.22. The number of carboxylic acid groups (broad SMARTS) is 1. The maximum atomic E-state index is 14.1. The highest BCUT2D eigenvalue weighted by atomic mass is 19.4. The molecular formula is C33H29F6NO2. The molecule has 5 rings (SSSR count). The van der Waals surface area contributed by atoms with Gasteiger partial charge in [-0.05, 0) is 88.9 Å². The van der Waals surface area contributed by atoms with Crippen LogP contribution in [-0.4, -0.2) is 42.0 Å². The third-order valence-electron chi connectivity index (χ3n) is 7.82. The van der Waals surface area contributed by atoms with Crippen molar-refractivity contribution >= 4 is 23.2 Å². The summed E-state index contributed by atoms with van der Waals surface area (Å²) in [6.45, 7) is 1.65. The Balaban J connectivity index is 1.59. The SMILES string of the molecule is O=C(O)c1ccc2c(c1)CCCC(c1ccc(F)cc1C(F)(F)F)=C2c1ccc(C=C2CCN(CCC(F)F)C2)cc1. The number of hydrogen-bond acceptors (Lipinski definition) is 2. The van der Waals surface area contributed by atoms with Crippen LogP contribution in [0.4, 0.5) is 26.3 Å². The molecule has 0 spiro atoms. The molecule has 1 saturated heterocycles. The predicted molar refractivity (Wildman–Crippen MR) is 150 cm³/mol. The Labute approximate surface area is 239 Å². The molecule has 1 aliphatic heterocycles. The van der Waals surface area contributed by atoms with E-state index in [-0.39, 0.29) is 24.0 Å². The van der Waals surface area contributed by atoms with E-state index in [4.69, 9.17) is 0 Å². The van der Waals surface area contributed by atoms with Crippen molar-refractivity contribution in [3.63, 3.8) is 0 Å². The fourth-order valence-corrected chi connectivity index (χ4v) is 5.85. The highest BCUT2D eigenvalue weighted by Crippen LogP contribution is 2.44. The van der Waals surface area contributed by atoms with Gasteiger partial charge in [0.15, 0.2) is 0 Å². The lowest BCUT2D eigenvalue weighted by molar-refractivity contribution is -0.138. The molecule has 1 N–H and O–H groups in total. The van der Waals surface area contributed by atoms with E-state index in [1.807, 2.05) is 35.2 Å². The van der Waals surface area contributed by atoms with E-state index in [9.17, 15) is 36.2 Å². The number of likely N-dealkylation sites (tertiary alicyclic amines) is 1. The molecule has 220 valence electrons. The first-order valence-corrected chi connectivity index (χ1v) is 13.8. The molecule has 1 heterocycles. The van der Waals surface area contributed by atoms with Crippen LogP contribution in [0.25, 0.3) is 17.2 Å². The second kappa shape index (κ2) is 12.2. The van der Waals surface area contributed by atoms with Gasteiger partial charge in [-0.25, -0.2) is 18.0 Å². The molecule has 1 fully saturated rings. The fourth-order valence-electron chi connectivity index (χ4n) is 5.85. The molecule has 3 nitrogen and oxygen atoms in total. The molecule has 3 aromatic carbocycles. The number of aryl methyl sites for hydroxylation is 1. The van der Waals surface area contributed by atoms with Gasteiger partial charge in [0, 0.05) is 26.1 Å². The highest BCUT2D eigenvalue weighted by molar-refractivity contribution is 6.01. The minimum Gasteiger partial charge on any atom is -0.478 e. The van der Waals surface area contributed by atoms with Crippen LogP contribution in [-0.2, 0) is 12.6 Å². The number of hydrogen-bond donors (Lipinski definition) is 1. The zero-order valence-corrected chi connectivity index (χ0v) is 22.7. The number of benzene rings is 3. The minimum absolute atomic E-state index is 0.0930. The second-order valence-corrected chi connectivity index (χ2v) is 10.7. The third-order valence-corrected chi connectivity index (χ3v) is 7.82. The molecule has 42 heavy (non-hydrogen) atoms. The van der Waals surface area contributed by atoms with E-state index in [1.54, 1.807) is 12.1 Å². The molecule has 1 aliphatic carbocycles. The number of carboxylic acids is 1. The van der Waals surface area contributed by atoms with Gasteiger partial charge >= 0.3 is 12.1 Å². The summed E-state index contributed by atoms with van der Waals surface area (Å²) in [6, 6.07) is 14.7. The molecular weight excluding hydrogens is 556 g/mol. The first kappa shape index (κ1) is 29.6. The summed E-state index contributed by atoms with van der Waals surface area (Å²) in [5.41, 5.74) is 3.90. The molecule has 0 atom stereocenters. The number of nitrogens with zero attached hydrogens (tertiary/aromatic N) is 1. The third kappa shape index (κ3) is 6.62. The van der Waals surface area contributed by atoms with E-state index in [1.165, 1.54) is 12.1 Å². The van der Waals surface area contributed by atoms with Crippen molar-refractivity contribution in [3.05, 3.63) is 111 Å². The van der Waals surface area contributed by atoms with Crippen LogP contribution in [0.1, 0.15) is 69.4 Å². The molecule has 0 radical (unpaired) electrons. The largest absolute Gasteiger partial charge is 0.478 e. The summed E-state index contributed by atoms with van der Waals surface area (Å²) < 4.78 is 81.5. The van der Waals surface area contributed by atoms with Gasteiger partial charge in [0.05, 0.1) is 11.1 Å². The van der Waals surface area contributed by atoms with Crippen LogP contribution in [0, 0.1) is 5.82 Å². The van der Waals surface area contributed by atoms with Crippen molar-refractivity contribution < 1.29 is 36.2 Å². The molecule has 2 aliphatic rings. The number of fused-ring (bicyclic) bond motifs is 1. The molecule has 0 bridgehead atoms. The summed E-state index contributed by atoms with van der Waals surface area (Å²) in [5.74, 6) is -2.08.